The van der Waals surface area contributed by atoms with Crippen molar-refractivity contribution in [3.63, 3.8) is 0 Å². The molecule has 1 aromatic heterocycles. The lowest BCUT2D eigenvalue weighted by Crippen LogP contribution is -2.28. The van der Waals surface area contributed by atoms with E-state index in [1.54, 1.807) is 6.92 Å². The molecular weight excluding hydrogens is 214 g/mol. The second-order valence-corrected chi connectivity index (χ2v) is 3.79. The summed E-state index contributed by atoms with van der Waals surface area (Å²) in [4.78, 5) is 10.9. The summed E-state index contributed by atoms with van der Waals surface area (Å²) in [5.74, 6) is -0.296. The van der Waals surface area contributed by atoms with Crippen molar-refractivity contribution in [2.45, 2.75) is 13.0 Å². The normalized spacial score (nSPS) is 12.4. The Labute approximate surface area is 92.9 Å². The van der Waals surface area contributed by atoms with E-state index in [-0.39, 0.29) is 12.5 Å². The molecule has 0 aliphatic heterocycles. The third-order valence-electron chi connectivity index (χ3n) is 1.84. The first-order chi connectivity index (χ1) is 7.24. The molecule has 0 saturated carbocycles. The molecule has 0 radical (unpaired) electrons. The largest absolute Gasteiger partial charge is 0.465 e. The molecule has 5 heteroatoms. The van der Waals surface area contributed by atoms with Crippen LogP contribution in [0.15, 0.2) is 16.8 Å². The van der Waals surface area contributed by atoms with Crippen LogP contribution in [0, 0.1) is 0 Å². The predicted octanol–water partition coefficient (Wildman–Crippen LogP) is 0.934. The predicted molar refractivity (Wildman–Crippen MR) is 58.8 cm³/mol. The van der Waals surface area contributed by atoms with Crippen LogP contribution in [0.2, 0.25) is 0 Å². The number of ether oxygens (including phenoxy) is 1. The quantitative estimate of drug-likeness (QED) is 0.713. The van der Waals surface area contributed by atoms with Crippen LogP contribution in [0.4, 0.5) is 0 Å². The molecule has 0 fully saturated rings. The van der Waals surface area contributed by atoms with Crippen molar-refractivity contribution in [3.05, 3.63) is 22.4 Å². The van der Waals surface area contributed by atoms with Gasteiger partial charge in [-0.25, -0.2) is 0 Å². The Morgan fingerprint density at radius 3 is 3.13 bits per heavy atom. The van der Waals surface area contributed by atoms with Gasteiger partial charge in [-0.1, -0.05) is 0 Å². The minimum absolute atomic E-state index is 0.134. The van der Waals surface area contributed by atoms with Crippen LogP contribution in [0.25, 0.3) is 0 Å². The van der Waals surface area contributed by atoms with Gasteiger partial charge in [-0.15, -0.1) is 0 Å². The van der Waals surface area contributed by atoms with Crippen molar-refractivity contribution in [2.24, 2.45) is 0 Å². The first-order valence-electron chi connectivity index (χ1n) is 4.80. The molecule has 0 saturated heterocycles. The molecule has 1 atom stereocenters. The van der Waals surface area contributed by atoms with E-state index in [9.17, 15) is 9.90 Å². The molecule has 1 heterocycles. The van der Waals surface area contributed by atoms with Crippen LogP contribution in [-0.2, 0) is 9.53 Å². The monoisotopic (exact) mass is 229 g/mol. The fourth-order valence-electron chi connectivity index (χ4n) is 1.11. The van der Waals surface area contributed by atoms with E-state index >= 15 is 0 Å². The summed E-state index contributed by atoms with van der Waals surface area (Å²) in [7, 11) is 0. The zero-order chi connectivity index (χ0) is 11.1. The number of hydrogen-bond acceptors (Lipinski definition) is 5. The first kappa shape index (κ1) is 12.2. The van der Waals surface area contributed by atoms with Gasteiger partial charge in [-0.05, 0) is 29.3 Å². The summed E-state index contributed by atoms with van der Waals surface area (Å²) in [5.41, 5.74) is 0.872. The Balaban J connectivity index is 2.18. The second-order valence-electron chi connectivity index (χ2n) is 3.01. The molecular formula is C10H15NO3S. The average Bonchev–Trinajstić information content (AvgIpc) is 2.70. The molecule has 0 spiro atoms. The topological polar surface area (TPSA) is 58.6 Å². The molecule has 0 aliphatic rings. The molecule has 84 valence electrons. The number of thiophene rings is 1. The number of aliphatic hydroxyl groups excluding tert-OH is 1. The lowest BCUT2D eigenvalue weighted by atomic mass is 10.2. The Hall–Kier alpha value is -0.910. The van der Waals surface area contributed by atoms with E-state index in [4.69, 9.17) is 4.74 Å². The minimum Gasteiger partial charge on any atom is -0.465 e. The molecule has 0 aliphatic carbocycles. The third kappa shape index (κ3) is 4.42. The van der Waals surface area contributed by atoms with Gasteiger partial charge in [0.1, 0.15) is 0 Å². The van der Waals surface area contributed by atoms with E-state index in [0.717, 1.165) is 5.56 Å². The zero-order valence-electron chi connectivity index (χ0n) is 8.60. The van der Waals surface area contributed by atoms with Gasteiger partial charge in [0.15, 0.2) is 0 Å². The summed E-state index contributed by atoms with van der Waals surface area (Å²) in [6.45, 7) is 2.64. The Morgan fingerprint density at radius 2 is 2.53 bits per heavy atom. The van der Waals surface area contributed by atoms with Gasteiger partial charge in [-0.3, -0.25) is 4.79 Å². The fraction of sp³-hybridized carbons (Fsp3) is 0.500. The smallest absolute Gasteiger partial charge is 0.319 e. The second kappa shape index (κ2) is 6.55. The molecule has 1 unspecified atom stereocenters. The molecule has 0 amide bonds. The summed E-state index contributed by atoms with van der Waals surface area (Å²) < 4.78 is 4.73. The number of rotatable bonds is 6. The van der Waals surface area contributed by atoms with Crippen LogP contribution >= 0.6 is 11.3 Å². The molecule has 4 nitrogen and oxygen atoms in total. The Morgan fingerprint density at radius 1 is 1.73 bits per heavy atom. The fourth-order valence-corrected chi connectivity index (χ4v) is 1.81. The Bertz CT molecular complexity index is 287. The number of carbonyl (C=O) groups excluding carboxylic acids is 1. The van der Waals surface area contributed by atoms with Crippen LogP contribution in [0.1, 0.15) is 18.6 Å². The zero-order valence-corrected chi connectivity index (χ0v) is 9.42. The Kier molecular flexibility index (Phi) is 5.31. The van der Waals surface area contributed by atoms with Gasteiger partial charge < -0.3 is 15.2 Å². The summed E-state index contributed by atoms with van der Waals surface area (Å²) >= 11 is 1.54. The van der Waals surface area contributed by atoms with Gasteiger partial charge >= 0.3 is 5.97 Å². The van der Waals surface area contributed by atoms with E-state index in [1.807, 2.05) is 16.8 Å². The lowest BCUT2D eigenvalue weighted by Gasteiger charge is -2.09. The van der Waals surface area contributed by atoms with Crippen molar-refractivity contribution in [1.29, 1.82) is 0 Å². The highest BCUT2D eigenvalue weighted by molar-refractivity contribution is 7.07. The van der Waals surface area contributed by atoms with Crippen molar-refractivity contribution in [2.75, 3.05) is 19.7 Å². The molecule has 1 aromatic rings. The molecule has 1 rings (SSSR count). The molecule has 15 heavy (non-hydrogen) atoms. The van der Waals surface area contributed by atoms with Gasteiger partial charge in [0.05, 0.1) is 19.3 Å². The van der Waals surface area contributed by atoms with Crippen LogP contribution in [0.5, 0.6) is 0 Å². The maximum atomic E-state index is 10.9. The number of nitrogens with one attached hydrogen (secondary N) is 1. The summed E-state index contributed by atoms with van der Waals surface area (Å²) in [5, 5.41) is 16.3. The number of hydrogen-bond donors (Lipinski definition) is 2. The van der Waals surface area contributed by atoms with Crippen LogP contribution in [0.3, 0.4) is 0 Å². The highest BCUT2D eigenvalue weighted by Gasteiger charge is 2.08. The van der Waals surface area contributed by atoms with Gasteiger partial charge in [0.2, 0.25) is 0 Å². The van der Waals surface area contributed by atoms with Crippen molar-refractivity contribution >= 4 is 17.3 Å². The molecule has 0 aromatic carbocycles. The SMILES string of the molecule is CCOC(=O)CNCC(O)c1ccsc1. The lowest BCUT2D eigenvalue weighted by molar-refractivity contribution is -0.142. The minimum atomic E-state index is -0.564. The van der Waals surface area contributed by atoms with Crippen molar-refractivity contribution in [3.8, 4) is 0 Å². The van der Waals surface area contributed by atoms with Gasteiger partial charge in [-0.2, -0.15) is 11.3 Å². The standard InChI is InChI=1S/C10H15NO3S/c1-2-14-10(13)6-11-5-9(12)8-3-4-15-7-8/h3-4,7,9,11-12H,2,5-6H2,1H3. The van der Waals surface area contributed by atoms with E-state index < -0.39 is 6.10 Å². The van der Waals surface area contributed by atoms with Crippen molar-refractivity contribution in [1.82, 2.24) is 5.32 Å². The number of esters is 1. The first-order valence-corrected chi connectivity index (χ1v) is 5.74. The van der Waals surface area contributed by atoms with Crippen molar-refractivity contribution < 1.29 is 14.6 Å². The number of aliphatic hydroxyl groups is 1. The molecule has 0 bridgehead atoms. The third-order valence-corrected chi connectivity index (χ3v) is 2.54. The summed E-state index contributed by atoms with van der Waals surface area (Å²) in [6.07, 6.45) is -0.564. The van der Waals surface area contributed by atoms with Crippen LogP contribution < -0.4 is 5.32 Å². The van der Waals surface area contributed by atoms with Gasteiger partial charge in [0, 0.05) is 6.54 Å². The number of carbonyl (C=O) groups is 1. The maximum Gasteiger partial charge on any atom is 0.319 e. The van der Waals surface area contributed by atoms with E-state index in [2.05, 4.69) is 5.32 Å². The average molecular weight is 229 g/mol. The summed E-state index contributed by atoms with van der Waals surface area (Å²) in [6, 6.07) is 1.86. The highest BCUT2D eigenvalue weighted by atomic mass is 32.1. The maximum absolute atomic E-state index is 10.9. The van der Waals surface area contributed by atoms with Gasteiger partial charge in [0.25, 0.3) is 0 Å². The van der Waals surface area contributed by atoms with E-state index in [0.29, 0.717) is 13.2 Å². The van der Waals surface area contributed by atoms with Crippen LogP contribution in [-0.4, -0.2) is 30.8 Å². The molecule has 2 N–H and O–H groups in total. The van der Waals surface area contributed by atoms with E-state index in [1.165, 1.54) is 11.3 Å². The highest BCUT2D eigenvalue weighted by Crippen LogP contribution is 2.14.